The van der Waals surface area contributed by atoms with Crippen LogP contribution in [-0.4, -0.2) is 38.2 Å². The molecule has 0 unspecified atom stereocenters. The van der Waals surface area contributed by atoms with E-state index < -0.39 is 4.92 Å². The van der Waals surface area contributed by atoms with Gasteiger partial charge in [-0.25, -0.2) is 0 Å². The van der Waals surface area contributed by atoms with E-state index in [2.05, 4.69) is 10.4 Å². The van der Waals surface area contributed by atoms with Gasteiger partial charge in [-0.2, -0.15) is 16.9 Å². The second kappa shape index (κ2) is 6.55. The number of aryl methyl sites for hydroxylation is 1. The van der Waals surface area contributed by atoms with Gasteiger partial charge in [-0.3, -0.25) is 19.6 Å². The molecule has 2 heterocycles. The first kappa shape index (κ1) is 13.9. The van der Waals surface area contributed by atoms with Crippen LogP contribution in [0.15, 0.2) is 12.4 Å². The van der Waals surface area contributed by atoms with Crippen molar-refractivity contribution >= 4 is 23.4 Å². The summed E-state index contributed by atoms with van der Waals surface area (Å²) in [6.07, 6.45) is 5.20. The van der Waals surface area contributed by atoms with Crippen molar-refractivity contribution in [3.8, 4) is 0 Å². The third-order valence-electron chi connectivity index (χ3n) is 2.95. The predicted molar refractivity (Wildman–Crippen MR) is 72.0 cm³/mol. The van der Waals surface area contributed by atoms with Crippen LogP contribution in [0.5, 0.6) is 0 Å². The van der Waals surface area contributed by atoms with Crippen LogP contribution >= 0.6 is 11.8 Å². The molecule has 0 saturated carbocycles. The molecule has 1 fully saturated rings. The van der Waals surface area contributed by atoms with Crippen molar-refractivity contribution in [2.24, 2.45) is 0 Å². The number of nitrogens with one attached hydrogen (secondary N) is 1. The van der Waals surface area contributed by atoms with E-state index in [1.165, 1.54) is 29.2 Å². The summed E-state index contributed by atoms with van der Waals surface area (Å²) in [6, 6.07) is 0. The van der Waals surface area contributed by atoms with Gasteiger partial charge in [0, 0.05) is 24.8 Å². The number of aromatic nitrogens is 2. The van der Waals surface area contributed by atoms with Crippen LogP contribution in [0.4, 0.5) is 5.69 Å². The summed E-state index contributed by atoms with van der Waals surface area (Å²) in [6.45, 7) is 1.07. The van der Waals surface area contributed by atoms with Gasteiger partial charge in [-0.05, 0) is 18.6 Å². The Morgan fingerprint density at radius 2 is 2.53 bits per heavy atom. The van der Waals surface area contributed by atoms with Gasteiger partial charge in [-0.1, -0.05) is 0 Å². The van der Waals surface area contributed by atoms with E-state index in [0.29, 0.717) is 18.3 Å². The summed E-state index contributed by atoms with van der Waals surface area (Å²) in [4.78, 5) is 21.6. The van der Waals surface area contributed by atoms with Crippen molar-refractivity contribution in [1.29, 1.82) is 0 Å². The summed E-state index contributed by atoms with van der Waals surface area (Å²) in [5.74, 6) is 1.14. The lowest BCUT2D eigenvalue weighted by atomic mass is 10.2. The summed E-state index contributed by atoms with van der Waals surface area (Å²) in [5, 5.41) is 17.7. The van der Waals surface area contributed by atoms with Gasteiger partial charge < -0.3 is 5.32 Å². The molecule has 1 saturated heterocycles. The minimum absolute atomic E-state index is 0.0364. The van der Waals surface area contributed by atoms with Crippen molar-refractivity contribution in [2.75, 3.05) is 12.3 Å². The Bertz CT molecular complexity index is 457. The van der Waals surface area contributed by atoms with Crippen LogP contribution < -0.4 is 5.32 Å². The standard InChI is InChI=1S/C11H16N4O3S/c16-11(12-7-10-2-1-5-19-10)3-4-14-8-9(6-13-14)15(17)18/h6,8,10H,1-5,7H2,(H,12,16)/t10-/m0/s1. The Morgan fingerprint density at radius 1 is 1.68 bits per heavy atom. The van der Waals surface area contributed by atoms with E-state index in [0.717, 1.165) is 6.42 Å². The average Bonchev–Trinajstić information content (AvgIpc) is 3.05. The molecule has 0 aliphatic carbocycles. The molecule has 1 aliphatic rings. The number of hydrogen-bond donors (Lipinski definition) is 1. The zero-order valence-electron chi connectivity index (χ0n) is 10.4. The number of rotatable bonds is 6. The maximum absolute atomic E-state index is 11.6. The molecular formula is C11H16N4O3S. The van der Waals surface area contributed by atoms with Gasteiger partial charge >= 0.3 is 5.69 Å². The number of carbonyl (C=O) groups is 1. The number of hydrogen-bond acceptors (Lipinski definition) is 5. The Labute approximate surface area is 114 Å². The van der Waals surface area contributed by atoms with Gasteiger partial charge in [-0.15, -0.1) is 0 Å². The molecule has 1 amide bonds. The molecule has 7 nitrogen and oxygen atoms in total. The van der Waals surface area contributed by atoms with Gasteiger partial charge in [0.1, 0.15) is 12.4 Å². The molecule has 0 bridgehead atoms. The van der Waals surface area contributed by atoms with Gasteiger partial charge in [0.15, 0.2) is 0 Å². The molecule has 104 valence electrons. The van der Waals surface area contributed by atoms with Crippen molar-refractivity contribution in [3.05, 3.63) is 22.5 Å². The molecular weight excluding hydrogens is 268 g/mol. The molecule has 8 heteroatoms. The highest BCUT2D eigenvalue weighted by Gasteiger charge is 2.16. The maximum atomic E-state index is 11.6. The fourth-order valence-electron chi connectivity index (χ4n) is 1.91. The minimum atomic E-state index is -0.499. The predicted octanol–water partition coefficient (Wildman–Crippen LogP) is 1.19. The second-order valence-electron chi connectivity index (χ2n) is 4.41. The van der Waals surface area contributed by atoms with Gasteiger partial charge in [0.25, 0.3) is 0 Å². The zero-order valence-corrected chi connectivity index (χ0v) is 11.3. The molecule has 1 N–H and O–H groups in total. The van der Waals surface area contributed by atoms with Crippen LogP contribution in [0, 0.1) is 10.1 Å². The van der Waals surface area contributed by atoms with Crippen LogP contribution in [0.3, 0.4) is 0 Å². The van der Waals surface area contributed by atoms with Crippen molar-refractivity contribution < 1.29 is 9.72 Å². The molecule has 1 aromatic heterocycles. The van der Waals surface area contributed by atoms with Crippen LogP contribution in [0.1, 0.15) is 19.3 Å². The molecule has 1 atom stereocenters. The normalized spacial score (nSPS) is 18.4. The first-order valence-electron chi connectivity index (χ1n) is 6.20. The molecule has 0 aromatic carbocycles. The van der Waals surface area contributed by atoms with Crippen LogP contribution in [0.25, 0.3) is 0 Å². The highest BCUT2D eigenvalue weighted by molar-refractivity contribution is 8.00. The van der Waals surface area contributed by atoms with Crippen molar-refractivity contribution in [3.63, 3.8) is 0 Å². The largest absolute Gasteiger partial charge is 0.355 e. The summed E-state index contributed by atoms with van der Waals surface area (Å²) in [7, 11) is 0. The fourth-order valence-corrected chi connectivity index (χ4v) is 3.11. The Hall–Kier alpha value is -1.57. The highest BCUT2D eigenvalue weighted by atomic mass is 32.2. The van der Waals surface area contributed by atoms with Crippen LogP contribution in [-0.2, 0) is 11.3 Å². The lowest BCUT2D eigenvalue weighted by Gasteiger charge is -2.09. The number of amides is 1. The minimum Gasteiger partial charge on any atom is -0.355 e. The third kappa shape index (κ3) is 4.23. The van der Waals surface area contributed by atoms with E-state index >= 15 is 0 Å². The molecule has 0 radical (unpaired) electrons. The van der Waals surface area contributed by atoms with Crippen LogP contribution in [0.2, 0.25) is 0 Å². The Kier molecular flexibility index (Phi) is 4.78. The Morgan fingerprint density at radius 3 is 3.16 bits per heavy atom. The first-order chi connectivity index (χ1) is 9.15. The Balaban J connectivity index is 1.68. The SMILES string of the molecule is O=C(CCn1cc([N+](=O)[O-])cn1)NC[C@@H]1CCCS1. The maximum Gasteiger partial charge on any atom is 0.306 e. The number of nitro groups is 1. The quantitative estimate of drug-likeness (QED) is 0.626. The third-order valence-corrected chi connectivity index (χ3v) is 4.35. The lowest BCUT2D eigenvalue weighted by molar-refractivity contribution is -0.385. The zero-order chi connectivity index (χ0) is 13.7. The number of carbonyl (C=O) groups excluding carboxylic acids is 1. The second-order valence-corrected chi connectivity index (χ2v) is 5.82. The smallest absolute Gasteiger partial charge is 0.306 e. The van der Waals surface area contributed by atoms with Crippen molar-refractivity contribution in [2.45, 2.75) is 31.1 Å². The summed E-state index contributed by atoms with van der Waals surface area (Å²) in [5.41, 5.74) is -0.0530. The average molecular weight is 284 g/mol. The molecule has 19 heavy (non-hydrogen) atoms. The van der Waals surface area contributed by atoms with E-state index in [4.69, 9.17) is 0 Å². The van der Waals surface area contributed by atoms with Gasteiger partial charge in [0.05, 0.1) is 4.92 Å². The molecule has 1 aliphatic heterocycles. The fraction of sp³-hybridized carbons (Fsp3) is 0.636. The van der Waals surface area contributed by atoms with Gasteiger partial charge in [0.2, 0.25) is 5.91 Å². The van der Waals surface area contributed by atoms with E-state index in [-0.39, 0.29) is 18.0 Å². The molecule has 2 rings (SSSR count). The molecule has 0 spiro atoms. The van der Waals surface area contributed by atoms with E-state index in [9.17, 15) is 14.9 Å². The summed E-state index contributed by atoms with van der Waals surface area (Å²) < 4.78 is 1.42. The summed E-state index contributed by atoms with van der Waals surface area (Å²) >= 11 is 1.90. The lowest BCUT2D eigenvalue weighted by Crippen LogP contribution is -2.30. The first-order valence-corrected chi connectivity index (χ1v) is 7.25. The topological polar surface area (TPSA) is 90.1 Å². The van der Waals surface area contributed by atoms with Crippen molar-refractivity contribution in [1.82, 2.24) is 15.1 Å². The number of nitrogens with zero attached hydrogens (tertiary/aromatic N) is 3. The number of thioether (sulfide) groups is 1. The van der Waals surface area contributed by atoms with E-state index in [1.54, 1.807) is 0 Å². The molecule has 1 aromatic rings. The highest BCUT2D eigenvalue weighted by Crippen LogP contribution is 2.25. The van der Waals surface area contributed by atoms with E-state index in [1.807, 2.05) is 11.8 Å². The monoisotopic (exact) mass is 284 g/mol.